The molecule has 0 aliphatic carbocycles. The van der Waals surface area contributed by atoms with E-state index in [0.717, 1.165) is 54.1 Å². The summed E-state index contributed by atoms with van der Waals surface area (Å²) in [4.78, 5) is 20.8. The van der Waals surface area contributed by atoms with Crippen LogP contribution in [0.3, 0.4) is 0 Å². The molecule has 1 aliphatic heterocycles. The molecule has 0 unspecified atom stereocenters. The topological polar surface area (TPSA) is 147 Å². The third kappa shape index (κ3) is 5.32. The molecule has 12 nitrogen and oxygen atoms in total. The molecule has 1 aliphatic rings. The summed E-state index contributed by atoms with van der Waals surface area (Å²) in [6.07, 6.45) is 3.29. The van der Waals surface area contributed by atoms with Crippen LogP contribution in [0.15, 0.2) is 90.0 Å². The van der Waals surface area contributed by atoms with E-state index in [1.165, 1.54) is 6.33 Å². The van der Waals surface area contributed by atoms with E-state index in [0.29, 0.717) is 23.7 Å². The number of H-pyrrole nitrogens is 2. The zero-order valence-corrected chi connectivity index (χ0v) is 21.6. The van der Waals surface area contributed by atoms with Crippen LogP contribution in [0.1, 0.15) is 12.8 Å². The van der Waals surface area contributed by atoms with E-state index >= 15 is 0 Å². The Morgan fingerprint density at radius 2 is 1.62 bits per heavy atom. The first-order valence-corrected chi connectivity index (χ1v) is 13.1. The SMILES string of the molecule is O=c1c2ccccc2nc(-c2ccccc2)n1CC1CCN(c2ccccc2-c2nn[nH]n2)CC1.c1nn[nH]n1. The molecule has 0 radical (unpaired) electrons. The number of nitrogens with one attached hydrogen (secondary N) is 2. The van der Waals surface area contributed by atoms with Crippen LogP contribution in [0, 0.1) is 5.92 Å². The highest BCUT2D eigenvalue weighted by molar-refractivity contribution is 5.79. The molecule has 2 N–H and O–H groups in total. The molecule has 3 aromatic carbocycles. The first kappa shape index (κ1) is 25.0. The number of fused-ring (bicyclic) bond motifs is 1. The van der Waals surface area contributed by atoms with E-state index in [1.807, 2.05) is 77.4 Å². The molecular weight excluding hydrogens is 506 g/mol. The summed E-state index contributed by atoms with van der Waals surface area (Å²) in [5.41, 5.74) is 3.81. The van der Waals surface area contributed by atoms with Crippen molar-refractivity contribution >= 4 is 16.6 Å². The number of benzene rings is 3. The first-order valence-electron chi connectivity index (χ1n) is 13.1. The van der Waals surface area contributed by atoms with Crippen LogP contribution in [0.5, 0.6) is 0 Å². The zero-order chi connectivity index (χ0) is 27.1. The van der Waals surface area contributed by atoms with Crippen molar-refractivity contribution in [2.75, 3.05) is 18.0 Å². The molecule has 6 aromatic rings. The maximum Gasteiger partial charge on any atom is 0.261 e. The Bertz CT molecular complexity index is 1690. The summed E-state index contributed by atoms with van der Waals surface area (Å²) < 4.78 is 1.88. The monoisotopic (exact) mass is 533 g/mol. The number of anilines is 1. The van der Waals surface area contributed by atoms with E-state index in [2.05, 4.69) is 52.2 Å². The largest absolute Gasteiger partial charge is 0.371 e. The molecule has 0 amide bonds. The molecule has 12 heteroatoms. The van der Waals surface area contributed by atoms with Crippen molar-refractivity contribution in [2.24, 2.45) is 5.92 Å². The second-order valence-electron chi connectivity index (χ2n) is 9.48. The fourth-order valence-corrected chi connectivity index (χ4v) is 5.10. The molecule has 3 aromatic heterocycles. The van der Waals surface area contributed by atoms with E-state index in [9.17, 15) is 4.79 Å². The van der Waals surface area contributed by atoms with Crippen LogP contribution in [0.2, 0.25) is 0 Å². The van der Waals surface area contributed by atoms with Crippen molar-refractivity contribution in [3.8, 4) is 22.8 Å². The molecule has 0 bridgehead atoms. The van der Waals surface area contributed by atoms with Crippen molar-refractivity contribution in [2.45, 2.75) is 19.4 Å². The predicted molar refractivity (Wildman–Crippen MR) is 150 cm³/mol. The van der Waals surface area contributed by atoms with Gasteiger partial charge in [0, 0.05) is 36.4 Å². The highest BCUT2D eigenvalue weighted by Gasteiger charge is 2.24. The van der Waals surface area contributed by atoms with Gasteiger partial charge in [-0.3, -0.25) is 9.36 Å². The lowest BCUT2D eigenvalue weighted by molar-refractivity contribution is 0.354. The number of rotatable bonds is 5. The van der Waals surface area contributed by atoms with Crippen molar-refractivity contribution < 1.29 is 0 Å². The summed E-state index contributed by atoms with van der Waals surface area (Å²) in [6.45, 7) is 2.45. The van der Waals surface area contributed by atoms with E-state index < -0.39 is 0 Å². The highest BCUT2D eigenvalue weighted by atomic mass is 16.1. The predicted octanol–water partition coefficient (Wildman–Crippen LogP) is 3.36. The van der Waals surface area contributed by atoms with Gasteiger partial charge in [-0.2, -0.15) is 10.4 Å². The molecule has 40 heavy (non-hydrogen) atoms. The Balaban J connectivity index is 0.000000523. The van der Waals surface area contributed by atoms with Gasteiger partial charge in [-0.25, -0.2) is 4.98 Å². The van der Waals surface area contributed by atoms with Crippen LogP contribution in [0.4, 0.5) is 5.69 Å². The number of aromatic nitrogens is 10. The van der Waals surface area contributed by atoms with Crippen molar-refractivity contribution in [3.05, 3.63) is 95.5 Å². The summed E-state index contributed by atoms with van der Waals surface area (Å²) in [6, 6.07) is 25.8. The van der Waals surface area contributed by atoms with Gasteiger partial charge in [-0.05, 0) is 48.2 Å². The van der Waals surface area contributed by atoms with Gasteiger partial charge in [0.05, 0.1) is 10.9 Å². The minimum absolute atomic E-state index is 0.0272. The standard InChI is InChI=1S/C27H25N7O.CH2N4/c35-27-21-10-4-6-12-23(21)28-26(20-8-2-1-3-9-20)34(27)18-19-14-16-33(17-15-19)24-13-7-5-11-22(24)25-29-31-32-30-25;1-2-4-5-3-1/h1-13,19H,14-18H2,(H,29,30,31,32);1H,(H,2,3,4,5). The van der Waals surface area contributed by atoms with Crippen molar-refractivity contribution in [1.29, 1.82) is 0 Å². The Labute approximate surface area is 229 Å². The lowest BCUT2D eigenvalue weighted by Crippen LogP contribution is -2.37. The Hall–Kier alpha value is -5.26. The zero-order valence-electron chi connectivity index (χ0n) is 21.6. The molecule has 0 atom stereocenters. The minimum Gasteiger partial charge on any atom is -0.371 e. The number of hydrogen-bond donors (Lipinski definition) is 2. The van der Waals surface area contributed by atoms with Crippen molar-refractivity contribution in [3.63, 3.8) is 0 Å². The van der Waals surface area contributed by atoms with Crippen LogP contribution in [0.25, 0.3) is 33.7 Å². The Morgan fingerprint density at radius 1 is 0.850 bits per heavy atom. The fraction of sp³-hybridized carbons (Fsp3) is 0.214. The molecule has 200 valence electrons. The van der Waals surface area contributed by atoms with Gasteiger partial charge in [0.25, 0.3) is 5.56 Å². The van der Waals surface area contributed by atoms with Crippen LogP contribution < -0.4 is 10.5 Å². The van der Waals surface area contributed by atoms with Gasteiger partial charge in [0.1, 0.15) is 5.82 Å². The second kappa shape index (κ2) is 11.6. The number of hydrogen-bond acceptors (Lipinski definition) is 9. The fourth-order valence-electron chi connectivity index (χ4n) is 5.10. The molecule has 0 spiro atoms. The second-order valence-corrected chi connectivity index (χ2v) is 9.48. The normalized spacial score (nSPS) is 13.7. The lowest BCUT2D eigenvalue weighted by atomic mass is 9.95. The Morgan fingerprint density at radius 3 is 2.35 bits per heavy atom. The summed E-state index contributed by atoms with van der Waals surface area (Å²) in [5, 5.41) is 27.4. The van der Waals surface area contributed by atoms with Gasteiger partial charge < -0.3 is 4.90 Å². The highest BCUT2D eigenvalue weighted by Crippen LogP contribution is 2.32. The molecule has 7 rings (SSSR count). The number of piperidine rings is 1. The average Bonchev–Trinajstić information content (AvgIpc) is 3.78. The number of nitrogens with zero attached hydrogens (tertiary/aromatic N) is 9. The molecule has 1 saturated heterocycles. The number of para-hydroxylation sites is 2. The van der Waals surface area contributed by atoms with E-state index in [1.54, 1.807) is 0 Å². The Kier molecular flexibility index (Phi) is 7.29. The molecule has 1 fully saturated rings. The molecule has 0 saturated carbocycles. The van der Waals surface area contributed by atoms with Gasteiger partial charge in [0.2, 0.25) is 5.82 Å². The third-order valence-electron chi connectivity index (χ3n) is 7.05. The third-order valence-corrected chi connectivity index (χ3v) is 7.05. The molecular formula is C28H27N11O. The minimum atomic E-state index is 0.0272. The first-order chi connectivity index (χ1) is 19.8. The van der Waals surface area contributed by atoms with Gasteiger partial charge in [-0.15, -0.1) is 20.4 Å². The van der Waals surface area contributed by atoms with E-state index in [4.69, 9.17) is 4.98 Å². The van der Waals surface area contributed by atoms with Crippen molar-refractivity contribution in [1.82, 2.24) is 50.8 Å². The summed E-state index contributed by atoms with van der Waals surface area (Å²) >= 11 is 0. The summed E-state index contributed by atoms with van der Waals surface area (Å²) in [7, 11) is 0. The van der Waals surface area contributed by atoms with Gasteiger partial charge >= 0.3 is 0 Å². The van der Waals surface area contributed by atoms with Crippen LogP contribution >= 0.6 is 0 Å². The number of tetrazole rings is 2. The maximum atomic E-state index is 13.5. The van der Waals surface area contributed by atoms with Gasteiger partial charge in [0.15, 0.2) is 6.33 Å². The average molecular weight is 534 g/mol. The van der Waals surface area contributed by atoms with Crippen LogP contribution in [-0.2, 0) is 6.54 Å². The van der Waals surface area contributed by atoms with E-state index in [-0.39, 0.29) is 5.56 Å². The number of aromatic amines is 2. The van der Waals surface area contributed by atoms with Crippen LogP contribution in [-0.4, -0.2) is 63.9 Å². The summed E-state index contributed by atoms with van der Waals surface area (Å²) in [5.74, 6) is 1.72. The molecule has 4 heterocycles. The lowest BCUT2D eigenvalue weighted by Gasteiger charge is -2.35. The van der Waals surface area contributed by atoms with Gasteiger partial charge in [-0.1, -0.05) is 59.8 Å². The maximum absolute atomic E-state index is 13.5. The smallest absolute Gasteiger partial charge is 0.261 e. The quantitative estimate of drug-likeness (QED) is 0.340.